The van der Waals surface area contributed by atoms with Crippen molar-refractivity contribution < 1.29 is 4.79 Å². The van der Waals surface area contributed by atoms with Crippen LogP contribution in [0.3, 0.4) is 0 Å². The molecule has 0 saturated carbocycles. The van der Waals surface area contributed by atoms with Gasteiger partial charge in [0.1, 0.15) is 6.29 Å². The molecule has 1 unspecified atom stereocenters. The summed E-state index contributed by atoms with van der Waals surface area (Å²) in [5.41, 5.74) is 1.98. The summed E-state index contributed by atoms with van der Waals surface area (Å²) in [6.07, 6.45) is 2.83. The van der Waals surface area contributed by atoms with E-state index in [0.29, 0.717) is 0 Å². The molecule has 0 radical (unpaired) electrons. The van der Waals surface area contributed by atoms with Crippen LogP contribution in [0.4, 0.5) is 0 Å². The summed E-state index contributed by atoms with van der Waals surface area (Å²) in [6.45, 7) is 2.01. The topological polar surface area (TPSA) is 17.1 Å². The molecule has 2 rings (SSSR count). The van der Waals surface area contributed by atoms with E-state index in [0.717, 1.165) is 24.7 Å². The summed E-state index contributed by atoms with van der Waals surface area (Å²) in [5.74, 6) is 0. The molecule has 0 N–H and O–H groups in total. The number of aryl methyl sites for hydroxylation is 1. The van der Waals surface area contributed by atoms with E-state index in [1.54, 1.807) is 0 Å². The van der Waals surface area contributed by atoms with Crippen LogP contribution in [0.15, 0.2) is 60.7 Å². The van der Waals surface area contributed by atoms with Crippen LogP contribution >= 0.6 is 0 Å². The Labute approximate surface area is 108 Å². The Morgan fingerprint density at radius 3 is 2.06 bits per heavy atom. The van der Waals surface area contributed by atoms with Gasteiger partial charge in [-0.15, -0.1) is 0 Å². The second-order valence-corrected chi connectivity index (χ2v) is 4.89. The van der Waals surface area contributed by atoms with Gasteiger partial charge in [0.15, 0.2) is 0 Å². The van der Waals surface area contributed by atoms with Gasteiger partial charge in [-0.25, -0.2) is 0 Å². The molecule has 0 saturated heterocycles. The van der Waals surface area contributed by atoms with Crippen LogP contribution in [0.1, 0.15) is 24.5 Å². The van der Waals surface area contributed by atoms with Gasteiger partial charge in [-0.05, 0) is 30.9 Å². The highest BCUT2D eigenvalue weighted by molar-refractivity contribution is 5.67. The molecule has 2 aromatic rings. The van der Waals surface area contributed by atoms with Crippen molar-refractivity contribution in [1.82, 2.24) is 0 Å². The number of benzene rings is 2. The van der Waals surface area contributed by atoms with Gasteiger partial charge >= 0.3 is 0 Å². The van der Waals surface area contributed by atoms with Crippen molar-refractivity contribution in [2.75, 3.05) is 0 Å². The SMILES string of the molecule is CC(C=O)(CCc1ccccc1)c1ccccc1. The fraction of sp³-hybridized carbons (Fsp3) is 0.235. The van der Waals surface area contributed by atoms with Gasteiger partial charge in [0.25, 0.3) is 0 Å². The molecular weight excluding hydrogens is 220 g/mol. The molecule has 0 aliphatic carbocycles. The molecule has 0 heterocycles. The second kappa shape index (κ2) is 5.63. The lowest BCUT2D eigenvalue weighted by atomic mass is 9.79. The lowest BCUT2D eigenvalue weighted by Crippen LogP contribution is -2.24. The van der Waals surface area contributed by atoms with E-state index in [4.69, 9.17) is 0 Å². The van der Waals surface area contributed by atoms with Gasteiger partial charge < -0.3 is 4.79 Å². The van der Waals surface area contributed by atoms with Gasteiger partial charge in [-0.2, -0.15) is 0 Å². The van der Waals surface area contributed by atoms with Gasteiger partial charge in [0.05, 0.1) is 0 Å². The minimum absolute atomic E-state index is 0.392. The summed E-state index contributed by atoms with van der Waals surface area (Å²) in [4.78, 5) is 11.4. The third-order valence-corrected chi connectivity index (χ3v) is 3.47. The molecule has 2 aromatic carbocycles. The van der Waals surface area contributed by atoms with Crippen LogP contribution in [0.5, 0.6) is 0 Å². The third-order valence-electron chi connectivity index (χ3n) is 3.47. The highest BCUT2D eigenvalue weighted by Crippen LogP contribution is 2.26. The summed E-state index contributed by atoms with van der Waals surface area (Å²) >= 11 is 0. The molecule has 0 amide bonds. The number of hydrogen-bond donors (Lipinski definition) is 0. The minimum atomic E-state index is -0.392. The number of hydrogen-bond acceptors (Lipinski definition) is 1. The quantitative estimate of drug-likeness (QED) is 0.724. The van der Waals surface area contributed by atoms with E-state index in [9.17, 15) is 4.79 Å². The molecule has 0 aromatic heterocycles. The lowest BCUT2D eigenvalue weighted by Gasteiger charge is -2.23. The number of aldehydes is 1. The molecule has 0 fully saturated rings. The molecule has 18 heavy (non-hydrogen) atoms. The largest absolute Gasteiger partial charge is 0.302 e. The Hall–Kier alpha value is -1.89. The van der Waals surface area contributed by atoms with Crippen LogP contribution in [0, 0.1) is 0 Å². The maximum atomic E-state index is 11.4. The lowest BCUT2D eigenvalue weighted by molar-refractivity contribution is -0.112. The van der Waals surface area contributed by atoms with Crippen molar-refractivity contribution in [1.29, 1.82) is 0 Å². The first kappa shape index (κ1) is 12.6. The first-order chi connectivity index (χ1) is 8.74. The second-order valence-electron chi connectivity index (χ2n) is 4.89. The van der Waals surface area contributed by atoms with Crippen LogP contribution < -0.4 is 0 Å². The summed E-state index contributed by atoms with van der Waals surface area (Å²) in [5, 5.41) is 0. The highest BCUT2D eigenvalue weighted by Gasteiger charge is 2.25. The monoisotopic (exact) mass is 238 g/mol. The van der Waals surface area contributed by atoms with Crippen LogP contribution in [-0.4, -0.2) is 6.29 Å². The average Bonchev–Trinajstić information content (AvgIpc) is 2.47. The predicted octanol–water partition coefficient (Wildman–Crippen LogP) is 3.78. The van der Waals surface area contributed by atoms with E-state index < -0.39 is 5.41 Å². The molecule has 1 nitrogen and oxygen atoms in total. The molecule has 1 heteroatoms. The fourth-order valence-corrected chi connectivity index (χ4v) is 2.14. The van der Waals surface area contributed by atoms with E-state index in [-0.39, 0.29) is 0 Å². The van der Waals surface area contributed by atoms with Gasteiger partial charge in [0.2, 0.25) is 0 Å². The van der Waals surface area contributed by atoms with Crippen molar-refractivity contribution >= 4 is 6.29 Å². The van der Waals surface area contributed by atoms with Gasteiger partial charge in [0, 0.05) is 5.41 Å². The Balaban J connectivity index is 2.12. The summed E-state index contributed by atoms with van der Waals surface area (Å²) in [6, 6.07) is 20.3. The highest BCUT2D eigenvalue weighted by atomic mass is 16.1. The van der Waals surface area contributed by atoms with Crippen molar-refractivity contribution in [3.8, 4) is 0 Å². The van der Waals surface area contributed by atoms with Crippen LogP contribution in [0.25, 0.3) is 0 Å². The Bertz CT molecular complexity index is 490. The first-order valence-electron chi connectivity index (χ1n) is 6.30. The molecular formula is C17H18O. The molecule has 0 aliphatic heterocycles. The Morgan fingerprint density at radius 1 is 0.944 bits per heavy atom. The fourth-order valence-electron chi connectivity index (χ4n) is 2.14. The normalized spacial score (nSPS) is 13.8. The predicted molar refractivity (Wildman–Crippen MR) is 74.6 cm³/mol. The van der Waals surface area contributed by atoms with E-state index >= 15 is 0 Å². The number of carbonyl (C=O) groups is 1. The summed E-state index contributed by atoms with van der Waals surface area (Å²) in [7, 11) is 0. The Morgan fingerprint density at radius 2 is 1.50 bits per heavy atom. The average molecular weight is 238 g/mol. The number of rotatable bonds is 5. The van der Waals surface area contributed by atoms with Crippen LogP contribution in [-0.2, 0) is 16.6 Å². The Kier molecular flexibility index (Phi) is 3.93. The third kappa shape index (κ3) is 2.86. The molecule has 92 valence electrons. The zero-order valence-corrected chi connectivity index (χ0v) is 10.7. The molecule has 0 aliphatic rings. The van der Waals surface area contributed by atoms with Gasteiger partial charge in [-0.1, -0.05) is 60.7 Å². The maximum Gasteiger partial charge on any atom is 0.130 e. The van der Waals surface area contributed by atoms with Crippen molar-refractivity contribution in [3.05, 3.63) is 71.8 Å². The minimum Gasteiger partial charge on any atom is -0.302 e. The molecule has 0 spiro atoms. The number of carbonyl (C=O) groups excluding carboxylic acids is 1. The molecule has 1 atom stereocenters. The van der Waals surface area contributed by atoms with E-state index in [1.807, 2.05) is 55.5 Å². The van der Waals surface area contributed by atoms with Crippen molar-refractivity contribution in [3.63, 3.8) is 0 Å². The van der Waals surface area contributed by atoms with Gasteiger partial charge in [-0.3, -0.25) is 0 Å². The zero-order valence-electron chi connectivity index (χ0n) is 10.7. The van der Waals surface area contributed by atoms with Crippen LogP contribution in [0.2, 0.25) is 0 Å². The van der Waals surface area contributed by atoms with Crippen molar-refractivity contribution in [2.45, 2.75) is 25.2 Å². The first-order valence-corrected chi connectivity index (χ1v) is 6.30. The van der Waals surface area contributed by atoms with E-state index in [2.05, 4.69) is 12.1 Å². The standard InChI is InChI=1S/C17H18O/c1-17(14-18,16-10-6-3-7-11-16)13-12-15-8-4-2-5-9-15/h2-11,14H,12-13H2,1H3. The maximum absolute atomic E-state index is 11.4. The summed E-state index contributed by atoms with van der Waals surface area (Å²) < 4.78 is 0. The van der Waals surface area contributed by atoms with Crippen molar-refractivity contribution in [2.24, 2.45) is 0 Å². The zero-order chi connectivity index (χ0) is 12.8. The van der Waals surface area contributed by atoms with E-state index in [1.165, 1.54) is 5.56 Å². The smallest absolute Gasteiger partial charge is 0.130 e. The molecule has 0 bridgehead atoms.